The number of amides is 2. The molecular formula is C26H23Cl2N5O2S. The van der Waals surface area contributed by atoms with Gasteiger partial charge in [0.15, 0.2) is 5.16 Å². The summed E-state index contributed by atoms with van der Waals surface area (Å²) in [6.07, 6.45) is 2.19. The normalized spacial score (nSPS) is 10.8. The van der Waals surface area contributed by atoms with Crippen LogP contribution in [0.25, 0.3) is 10.8 Å². The Kier molecular flexibility index (Phi) is 8.64. The summed E-state index contributed by atoms with van der Waals surface area (Å²) in [5.41, 5.74) is 1.16. The quantitative estimate of drug-likeness (QED) is 0.201. The van der Waals surface area contributed by atoms with Crippen LogP contribution in [0.1, 0.15) is 16.2 Å². The Morgan fingerprint density at radius 3 is 2.58 bits per heavy atom. The molecule has 7 nitrogen and oxygen atoms in total. The number of carbonyl (C=O) groups is 2. The largest absolute Gasteiger partial charge is 0.352 e. The van der Waals surface area contributed by atoms with Gasteiger partial charge in [0.2, 0.25) is 5.91 Å². The zero-order valence-electron chi connectivity index (χ0n) is 19.2. The van der Waals surface area contributed by atoms with Gasteiger partial charge in [0.1, 0.15) is 5.82 Å². The summed E-state index contributed by atoms with van der Waals surface area (Å²) in [6.45, 7) is 4.63. The number of fused-ring (bicyclic) bond motifs is 1. The molecule has 36 heavy (non-hydrogen) atoms. The van der Waals surface area contributed by atoms with Crippen molar-refractivity contribution in [2.24, 2.45) is 0 Å². The molecule has 4 aromatic rings. The lowest BCUT2D eigenvalue weighted by Gasteiger charge is -2.09. The van der Waals surface area contributed by atoms with E-state index in [2.05, 4.69) is 27.4 Å². The van der Waals surface area contributed by atoms with E-state index in [0.717, 1.165) is 16.5 Å². The molecule has 0 saturated heterocycles. The number of hydrogen-bond acceptors (Lipinski definition) is 5. The van der Waals surface area contributed by atoms with Gasteiger partial charge in [0.25, 0.3) is 5.91 Å². The number of hydrogen-bond donors (Lipinski definition) is 2. The van der Waals surface area contributed by atoms with Crippen molar-refractivity contribution in [1.82, 2.24) is 20.1 Å². The summed E-state index contributed by atoms with van der Waals surface area (Å²) < 4.78 is 1.88. The molecule has 0 fully saturated rings. The summed E-state index contributed by atoms with van der Waals surface area (Å²) in [5, 5.41) is 17.7. The topological polar surface area (TPSA) is 88.9 Å². The first-order valence-electron chi connectivity index (χ1n) is 11.1. The van der Waals surface area contributed by atoms with Gasteiger partial charge in [-0.1, -0.05) is 71.4 Å². The summed E-state index contributed by atoms with van der Waals surface area (Å²) in [7, 11) is 0. The molecule has 184 valence electrons. The van der Waals surface area contributed by atoms with Crippen molar-refractivity contribution >= 4 is 63.2 Å². The van der Waals surface area contributed by atoms with E-state index in [9.17, 15) is 9.59 Å². The van der Waals surface area contributed by atoms with E-state index in [1.165, 1.54) is 17.8 Å². The summed E-state index contributed by atoms with van der Waals surface area (Å²) >= 11 is 13.2. The third-order valence-electron chi connectivity index (χ3n) is 5.29. The monoisotopic (exact) mass is 539 g/mol. The highest BCUT2D eigenvalue weighted by molar-refractivity contribution is 7.99. The Bertz CT molecular complexity index is 1420. The number of benzene rings is 3. The van der Waals surface area contributed by atoms with Crippen LogP contribution in [0.2, 0.25) is 10.0 Å². The van der Waals surface area contributed by atoms with Crippen molar-refractivity contribution in [2.75, 3.05) is 17.6 Å². The van der Waals surface area contributed by atoms with Crippen LogP contribution < -0.4 is 10.6 Å². The third-order valence-corrected chi connectivity index (χ3v) is 6.99. The maximum Gasteiger partial charge on any atom is 0.251 e. The molecule has 10 heteroatoms. The molecule has 4 rings (SSSR count). The van der Waals surface area contributed by atoms with E-state index >= 15 is 0 Å². The molecule has 1 aromatic heterocycles. The lowest BCUT2D eigenvalue weighted by atomic mass is 10.1. The molecule has 0 aliphatic rings. The van der Waals surface area contributed by atoms with Crippen LogP contribution in [0, 0.1) is 0 Å². The van der Waals surface area contributed by atoms with Gasteiger partial charge in [-0.05, 0) is 41.1 Å². The minimum atomic E-state index is -0.261. The minimum Gasteiger partial charge on any atom is -0.352 e. The minimum absolute atomic E-state index is 0.140. The molecule has 0 aliphatic heterocycles. The molecule has 0 bridgehead atoms. The zero-order chi connectivity index (χ0) is 25.5. The van der Waals surface area contributed by atoms with Crippen molar-refractivity contribution in [1.29, 1.82) is 0 Å². The smallest absolute Gasteiger partial charge is 0.251 e. The highest BCUT2D eigenvalue weighted by atomic mass is 35.5. The van der Waals surface area contributed by atoms with E-state index in [0.29, 0.717) is 46.1 Å². The fourth-order valence-electron chi connectivity index (χ4n) is 3.54. The van der Waals surface area contributed by atoms with Crippen LogP contribution >= 0.6 is 35.0 Å². The Labute approximate surface area is 222 Å². The summed E-state index contributed by atoms with van der Waals surface area (Å²) in [5.74, 6) is 0.458. The predicted octanol–water partition coefficient (Wildman–Crippen LogP) is 5.63. The van der Waals surface area contributed by atoms with Gasteiger partial charge in [-0.2, -0.15) is 0 Å². The van der Waals surface area contributed by atoms with E-state index < -0.39 is 0 Å². The molecule has 2 N–H and O–H groups in total. The number of carbonyl (C=O) groups excluding carboxylic acids is 2. The standard InChI is InChI=1S/C26H23Cl2N5O2S/c1-2-13-33-23(11-12-29-25(35)19-8-10-21(27)22(28)15-19)31-32-26(33)36-16-24(34)30-20-9-7-17-5-3-4-6-18(17)14-20/h2-10,14-15H,1,11-13,16H2,(H,29,35)(H,30,34). The number of anilines is 1. The Hall–Kier alpha value is -3.33. The van der Waals surface area contributed by atoms with Crippen molar-refractivity contribution in [3.63, 3.8) is 0 Å². The fourth-order valence-corrected chi connectivity index (χ4v) is 4.61. The number of thioether (sulfide) groups is 1. The lowest BCUT2D eigenvalue weighted by molar-refractivity contribution is -0.113. The van der Waals surface area contributed by atoms with Crippen molar-refractivity contribution < 1.29 is 9.59 Å². The van der Waals surface area contributed by atoms with Crippen LogP contribution in [-0.4, -0.2) is 38.9 Å². The predicted molar refractivity (Wildman–Crippen MR) is 146 cm³/mol. The molecule has 0 saturated carbocycles. The second-order valence-corrected chi connectivity index (χ2v) is 9.59. The van der Waals surface area contributed by atoms with Crippen molar-refractivity contribution in [2.45, 2.75) is 18.1 Å². The van der Waals surface area contributed by atoms with Crippen molar-refractivity contribution in [3.05, 3.63) is 94.8 Å². The van der Waals surface area contributed by atoms with Crippen LogP contribution in [0.4, 0.5) is 5.69 Å². The Morgan fingerprint density at radius 2 is 1.81 bits per heavy atom. The molecule has 2 amide bonds. The van der Waals surface area contributed by atoms with E-state index in [1.807, 2.05) is 47.0 Å². The summed E-state index contributed by atoms with van der Waals surface area (Å²) in [4.78, 5) is 24.9. The number of rotatable bonds is 10. The van der Waals surface area contributed by atoms with Crippen LogP contribution in [0.5, 0.6) is 0 Å². The molecule has 0 radical (unpaired) electrons. The Balaban J connectivity index is 1.33. The van der Waals surface area contributed by atoms with Crippen molar-refractivity contribution in [3.8, 4) is 0 Å². The fraction of sp³-hybridized carbons (Fsp3) is 0.154. The van der Waals surface area contributed by atoms with Gasteiger partial charge in [-0.15, -0.1) is 16.8 Å². The molecule has 0 spiro atoms. The SMILES string of the molecule is C=CCn1c(CCNC(=O)c2ccc(Cl)c(Cl)c2)nnc1SCC(=O)Nc1ccc2ccccc2c1. The maximum absolute atomic E-state index is 12.5. The van der Waals surface area contributed by atoms with Gasteiger partial charge in [0, 0.05) is 30.8 Å². The molecule has 0 aliphatic carbocycles. The van der Waals surface area contributed by atoms with E-state index in [4.69, 9.17) is 23.2 Å². The second kappa shape index (κ2) is 12.1. The molecular weight excluding hydrogens is 517 g/mol. The third kappa shape index (κ3) is 6.46. The second-order valence-electron chi connectivity index (χ2n) is 7.83. The maximum atomic E-state index is 12.5. The van der Waals surface area contributed by atoms with E-state index in [1.54, 1.807) is 18.2 Å². The van der Waals surface area contributed by atoms with E-state index in [-0.39, 0.29) is 17.6 Å². The molecule has 0 atom stereocenters. The zero-order valence-corrected chi connectivity index (χ0v) is 21.5. The molecule has 0 unspecified atom stereocenters. The number of nitrogens with one attached hydrogen (secondary N) is 2. The first kappa shape index (κ1) is 25.8. The molecule has 1 heterocycles. The van der Waals surface area contributed by atoms with Crippen LogP contribution in [0.3, 0.4) is 0 Å². The number of aromatic nitrogens is 3. The highest BCUT2D eigenvalue weighted by Gasteiger charge is 2.15. The van der Waals surface area contributed by atoms with Gasteiger partial charge < -0.3 is 15.2 Å². The first-order valence-corrected chi connectivity index (χ1v) is 12.9. The van der Waals surface area contributed by atoms with Gasteiger partial charge >= 0.3 is 0 Å². The van der Waals surface area contributed by atoms with Gasteiger partial charge in [0.05, 0.1) is 15.8 Å². The van der Waals surface area contributed by atoms with Crippen LogP contribution in [-0.2, 0) is 17.8 Å². The average molecular weight is 540 g/mol. The van der Waals surface area contributed by atoms with Gasteiger partial charge in [-0.3, -0.25) is 9.59 Å². The number of allylic oxidation sites excluding steroid dienone is 1. The number of nitrogens with zero attached hydrogens (tertiary/aromatic N) is 3. The van der Waals surface area contributed by atoms with Crippen LogP contribution in [0.15, 0.2) is 78.5 Å². The number of halogens is 2. The Morgan fingerprint density at radius 1 is 1.00 bits per heavy atom. The highest BCUT2D eigenvalue weighted by Crippen LogP contribution is 2.23. The van der Waals surface area contributed by atoms with Gasteiger partial charge in [-0.25, -0.2) is 0 Å². The summed E-state index contributed by atoms with van der Waals surface area (Å²) in [6, 6.07) is 18.5. The average Bonchev–Trinajstić information content (AvgIpc) is 3.25. The molecule has 3 aromatic carbocycles. The first-order chi connectivity index (χ1) is 17.4. The lowest BCUT2D eigenvalue weighted by Crippen LogP contribution is -2.26.